The zero-order valence-electron chi connectivity index (χ0n) is 20.1. The number of phosphoric acid groups is 2. The number of imidazole rings is 1. The van der Waals surface area contributed by atoms with Crippen LogP contribution in [-0.4, -0.2) is 131 Å². The molecule has 41 heavy (non-hydrogen) atoms. The van der Waals surface area contributed by atoms with Gasteiger partial charge < -0.3 is 70.2 Å². The largest absolute Gasteiger partial charge is 0.470 e. The molecule has 0 spiro atoms. The van der Waals surface area contributed by atoms with Crippen LogP contribution in [0.15, 0.2) is 12.7 Å². The Labute approximate surface area is 227 Å². The first kappa shape index (κ1) is 35.3. The molecule has 26 heteroatoms. The lowest BCUT2D eigenvalue weighted by Crippen LogP contribution is -2.45. The molecule has 1 saturated heterocycles. The second-order valence-corrected chi connectivity index (χ2v) is 12.1. The van der Waals surface area contributed by atoms with E-state index < -0.39 is 78.5 Å². The number of fused-ring (bicyclic) bond motifs is 1. The van der Waals surface area contributed by atoms with Crippen LogP contribution in [-0.2, 0) is 37.7 Å². The second kappa shape index (κ2) is 13.2. The molecule has 0 radical (unpaired) electrons. The van der Waals surface area contributed by atoms with E-state index in [9.17, 15) is 43.6 Å². The third-order valence-corrected chi connectivity index (χ3v) is 7.72. The van der Waals surface area contributed by atoms with Gasteiger partial charge in [-0.1, -0.05) is 0 Å². The quantitative estimate of drug-likeness (QED) is 0.0793. The molecule has 0 saturated carbocycles. The first-order chi connectivity index (χ1) is 18.7. The fourth-order valence-electron chi connectivity index (χ4n) is 3.53. The Hall–Kier alpha value is -1.85. The second-order valence-electron chi connectivity index (χ2n) is 8.03. The molecule has 1 aliphatic rings. The van der Waals surface area contributed by atoms with Gasteiger partial charge >= 0.3 is 23.2 Å². The molecule has 0 aliphatic carbocycles. The number of ether oxygens (including phenoxy) is 1. The highest BCUT2D eigenvalue weighted by atomic mass is 31.2. The van der Waals surface area contributed by atoms with Gasteiger partial charge in [0.2, 0.25) is 0 Å². The Morgan fingerprint density at radius 2 is 1.63 bits per heavy atom. The van der Waals surface area contributed by atoms with Crippen molar-refractivity contribution < 1.29 is 87.2 Å². The molecule has 7 atom stereocenters. The van der Waals surface area contributed by atoms with E-state index in [4.69, 9.17) is 40.3 Å². The van der Waals surface area contributed by atoms with Gasteiger partial charge in [-0.3, -0.25) is 18.2 Å². The molecule has 3 rings (SSSR count). The maximum absolute atomic E-state index is 12.1. The van der Waals surface area contributed by atoms with Gasteiger partial charge in [-0.05, 0) is 0 Å². The Balaban J connectivity index is 0.000000298. The Morgan fingerprint density at radius 3 is 2.07 bits per heavy atom. The predicted molar refractivity (Wildman–Crippen MR) is 127 cm³/mol. The maximum Gasteiger partial charge on any atom is 0.470 e. The zero-order chi connectivity index (χ0) is 31.6. The number of carbonyl (C=O) groups is 1. The van der Waals surface area contributed by atoms with Crippen LogP contribution in [0.5, 0.6) is 0 Å². The molecule has 0 amide bonds. The maximum atomic E-state index is 12.1. The van der Waals surface area contributed by atoms with Crippen molar-refractivity contribution in [2.75, 3.05) is 18.9 Å². The summed E-state index contributed by atoms with van der Waals surface area (Å²) in [6, 6.07) is 0. The van der Waals surface area contributed by atoms with Gasteiger partial charge in [0.1, 0.15) is 48.7 Å². The van der Waals surface area contributed by atoms with Crippen molar-refractivity contribution in [2.24, 2.45) is 0 Å². The van der Waals surface area contributed by atoms with Crippen LogP contribution in [0.25, 0.3) is 11.2 Å². The van der Waals surface area contributed by atoms with Crippen molar-refractivity contribution in [2.45, 2.75) is 42.1 Å². The number of anilines is 1. The minimum atomic E-state index is -5.22. The molecular formula is C15H26N5O18P3. The minimum absolute atomic E-state index is 0.0399. The number of carbonyl (C=O) groups excluding carboxylic acids is 1. The molecule has 0 aromatic carbocycles. The molecule has 0 unspecified atom stereocenters. The third kappa shape index (κ3) is 7.96. The van der Waals surface area contributed by atoms with E-state index in [1.54, 1.807) is 0 Å². The van der Waals surface area contributed by atoms with Crippen LogP contribution in [0.4, 0.5) is 5.82 Å². The fourth-order valence-corrected chi connectivity index (χ4v) is 5.80. The molecule has 1 aliphatic heterocycles. The van der Waals surface area contributed by atoms with Crippen LogP contribution in [0, 0.1) is 0 Å². The number of aliphatic hydroxyl groups excluding tert-OH is 5. The van der Waals surface area contributed by atoms with Crippen LogP contribution in [0.1, 0.15) is 0 Å². The zero-order valence-corrected chi connectivity index (χ0v) is 22.8. The van der Waals surface area contributed by atoms with Gasteiger partial charge in [-0.25, -0.2) is 24.1 Å². The number of aliphatic hydroxyl groups is 5. The number of hydrogen-bond donors (Lipinski definition) is 12. The van der Waals surface area contributed by atoms with E-state index in [2.05, 4.69) is 24.0 Å². The number of hydrogen-bond acceptors (Lipinski definition) is 16. The number of aldehydes is 1. The van der Waals surface area contributed by atoms with Gasteiger partial charge in [0.25, 0.3) is 5.47 Å². The first-order valence-electron chi connectivity index (χ1n) is 10.6. The summed E-state index contributed by atoms with van der Waals surface area (Å²) in [7, 11) is -15.6. The summed E-state index contributed by atoms with van der Waals surface area (Å²) in [5.41, 5.74) is 2.86. The number of nitrogens with two attached hydrogens (primary N) is 1. The van der Waals surface area contributed by atoms with Crippen molar-refractivity contribution in [3.63, 3.8) is 0 Å². The molecule has 13 N–H and O–H groups in total. The Bertz CT molecular complexity index is 1340. The SMILES string of the molecule is Nc1ncnc2c1ncn2[C@]1(P(=O)(O)O)O[C@H](CO)[C@@H](O)[C@H]1O.O=C[C@H](OP(=O)(O)O)[C@H](OP(=O)(O)O)[C@H](O)CO. The number of nitrogens with zero attached hydrogens (tertiary/aromatic N) is 4. The van der Waals surface area contributed by atoms with Gasteiger partial charge in [0, 0.05) is 0 Å². The lowest BCUT2D eigenvalue weighted by Gasteiger charge is -2.33. The van der Waals surface area contributed by atoms with E-state index >= 15 is 0 Å². The van der Waals surface area contributed by atoms with Gasteiger partial charge in [0.15, 0.2) is 23.9 Å². The standard InChI is InChI=1S/C10H14N5O7P.C5H12O11P2/c11-8-5-9(13-2-12-8)15(3-14-5)10(23(19,20)21)7(18)6(17)4(1-16)22-10;6-1-3(8)5(16-18(12,13)14)4(2-7)15-17(9,10)11/h2-4,6-7,16-18H,1H2,(H2,11,12,13)(H2,19,20,21);2-6,8H,1H2,(H2,9,10,11)(H2,12,13,14)/t4-,6-,7-,10+;3-,4+,5-/m11/s1. The Kier molecular flexibility index (Phi) is 11.4. The van der Waals surface area contributed by atoms with Crippen molar-refractivity contribution in [3.8, 4) is 0 Å². The van der Waals surface area contributed by atoms with Gasteiger partial charge in [0.05, 0.1) is 13.2 Å². The van der Waals surface area contributed by atoms with E-state index in [0.29, 0.717) is 0 Å². The third-order valence-electron chi connectivity index (χ3n) is 5.26. The molecule has 2 aromatic rings. The molecular weight excluding hydrogens is 631 g/mol. The molecule has 2 aromatic heterocycles. The number of aromatic nitrogens is 4. The van der Waals surface area contributed by atoms with E-state index in [1.807, 2.05) is 0 Å². The highest BCUT2D eigenvalue weighted by Crippen LogP contribution is 2.61. The molecule has 1 fully saturated rings. The number of rotatable bonds is 11. The highest BCUT2D eigenvalue weighted by Gasteiger charge is 2.66. The predicted octanol–water partition coefficient (Wildman–Crippen LogP) is -5.20. The van der Waals surface area contributed by atoms with Gasteiger partial charge in [-0.15, -0.1) is 0 Å². The highest BCUT2D eigenvalue weighted by molar-refractivity contribution is 7.52. The summed E-state index contributed by atoms with van der Waals surface area (Å²) in [6.07, 6.45) is -9.75. The molecule has 23 nitrogen and oxygen atoms in total. The smallest absolute Gasteiger partial charge is 0.394 e. The van der Waals surface area contributed by atoms with E-state index in [0.717, 1.165) is 17.2 Å². The van der Waals surface area contributed by atoms with Crippen molar-refractivity contribution in [3.05, 3.63) is 12.7 Å². The minimum Gasteiger partial charge on any atom is -0.394 e. The monoisotopic (exact) mass is 657 g/mol. The molecule has 3 heterocycles. The first-order valence-corrected chi connectivity index (χ1v) is 15.3. The summed E-state index contributed by atoms with van der Waals surface area (Å²) in [6.45, 7) is -1.84. The van der Waals surface area contributed by atoms with Crippen LogP contribution < -0.4 is 5.73 Å². The summed E-state index contributed by atoms with van der Waals surface area (Å²) < 4.78 is 47.0. The van der Waals surface area contributed by atoms with Crippen molar-refractivity contribution in [1.82, 2.24) is 19.5 Å². The lowest BCUT2D eigenvalue weighted by molar-refractivity contribution is -0.125. The molecule has 0 bridgehead atoms. The Morgan fingerprint density at radius 1 is 1.05 bits per heavy atom. The normalized spacial score (nSPS) is 25.8. The average Bonchev–Trinajstić information content (AvgIpc) is 3.40. The van der Waals surface area contributed by atoms with Crippen LogP contribution in [0.2, 0.25) is 0 Å². The van der Waals surface area contributed by atoms with Crippen LogP contribution >= 0.6 is 23.2 Å². The van der Waals surface area contributed by atoms with Crippen LogP contribution in [0.3, 0.4) is 0 Å². The average molecular weight is 657 g/mol. The lowest BCUT2D eigenvalue weighted by atomic mass is 10.1. The summed E-state index contributed by atoms with van der Waals surface area (Å²) in [5, 5.41) is 47.1. The van der Waals surface area contributed by atoms with E-state index in [-0.39, 0.29) is 23.3 Å². The van der Waals surface area contributed by atoms with Crippen molar-refractivity contribution in [1.29, 1.82) is 0 Å². The van der Waals surface area contributed by atoms with Crippen molar-refractivity contribution >= 4 is 46.5 Å². The summed E-state index contributed by atoms with van der Waals surface area (Å²) in [4.78, 5) is 75.4. The number of nitrogen functional groups attached to an aromatic ring is 1. The topological polar surface area (TPSA) is 388 Å². The summed E-state index contributed by atoms with van der Waals surface area (Å²) >= 11 is 0. The number of phosphoric ester groups is 2. The van der Waals surface area contributed by atoms with Gasteiger partial charge in [-0.2, -0.15) is 0 Å². The fraction of sp³-hybridized carbons (Fsp3) is 0.600. The molecule has 234 valence electrons. The van der Waals surface area contributed by atoms with E-state index in [1.165, 1.54) is 0 Å². The summed E-state index contributed by atoms with van der Waals surface area (Å²) in [5.74, 6) is -0.0404.